The van der Waals surface area contributed by atoms with Gasteiger partial charge in [-0.15, -0.1) is 0 Å². The van der Waals surface area contributed by atoms with Gasteiger partial charge >= 0.3 is 24.5 Å². The van der Waals surface area contributed by atoms with Gasteiger partial charge in [0, 0.05) is 5.56 Å². The third-order valence-corrected chi connectivity index (χ3v) is 2.81. The van der Waals surface area contributed by atoms with Crippen LogP contribution >= 0.6 is 0 Å². The van der Waals surface area contributed by atoms with Gasteiger partial charge in [-0.3, -0.25) is 4.98 Å². The number of esters is 1. The summed E-state index contributed by atoms with van der Waals surface area (Å²) in [6.45, 7) is 8.52. The van der Waals surface area contributed by atoms with Crippen LogP contribution in [0.2, 0.25) is 0 Å². The minimum atomic E-state index is -0.497. The van der Waals surface area contributed by atoms with Crippen LogP contribution in [0.4, 0.5) is 0 Å². The Morgan fingerprint density at radius 3 is 2.36 bits per heavy atom. The minimum absolute atomic E-state index is 0. The zero-order valence-corrected chi connectivity index (χ0v) is 17.9. The molecule has 1 radical (unpaired) electrons. The van der Waals surface area contributed by atoms with Gasteiger partial charge in [0.25, 0.3) is 0 Å². The number of rotatable bonds is 4. The minimum Gasteiger partial charge on any atom is -0.813 e. The van der Waals surface area contributed by atoms with Crippen LogP contribution in [0, 0.1) is 14.4 Å². The van der Waals surface area contributed by atoms with Crippen LogP contribution in [0.1, 0.15) is 36.8 Å². The van der Waals surface area contributed by atoms with Crippen molar-refractivity contribution in [2.45, 2.75) is 27.7 Å². The molecule has 25 heavy (non-hydrogen) atoms. The van der Waals surface area contributed by atoms with E-state index in [1.165, 1.54) is 13.3 Å². The van der Waals surface area contributed by atoms with Crippen molar-refractivity contribution in [3.8, 4) is 17.0 Å². The molecule has 0 saturated carbocycles. The first-order valence-corrected chi connectivity index (χ1v) is 7.30. The van der Waals surface area contributed by atoms with Gasteiger partial charge in [-0.25, -0.2) is 9.78 Å². The van der Waals surface area contributed by atoms with Gasteiger partial charge in [-0.05, 0) is 37.6 Å². The van der Waals surface area contributed by atoms with Crippen molar-refractivity contribution in [1.82, 2.24) is 9.97 Å². The monoisotopic (exact) mass is 401 g/mol. The fraction of sp³-hybridized carbons (Fsp3) is 0.333. The maximum absolute atomic E-state index is 11.5. The summed E-state index contributed by atoms with van der Waals surface area (Å²) < 4.78 is 10.1. The number of nitrogens with zero attached hydrogens (tertiary/aromatic N) is 2. The fourth-order valence-corrected chi connectivity index (χ4v) is 1.88. The molecule has 0 aliphatic heterocycles. The Labute approximate surface area is 169 Å². The van der Waals surface area contributed by atoms with Crippen molar-refractivity contribution in [3.63, 3.8) is 0 Å². The molecule has 5 nitrogen and oxygen atoms in total. The van der Waals surface area contributed by atoms with Crippen molar-refractivity contribution >= 4 is 19.5 Å². The molecular formula is C18H26N2O3SV. The zero-order valence-electron chi connectivity index (χ0n) is 15.6. The van der Waals surface area contributed by atoms with E-state index in [0.717, 1.165) is 16.9 Å². The molecule has 1 aromatic heterocycles. The largest absolute Gasteiger partial charge is 2.00 e. The molecule has 2 aromatic rings. The van der Waals surface area contributed by atoms with Crippen LogP contribution in [0.3, 0.4) is 0 Å². The van der Waals surface area contributed by atoms with Crippen LogP contribution < -0.4 is 4.74 Å². The van der Waals surface area contributed by atoms with Crippen molar-refractivity contribution in [3.05, 3.63) is 49.3 Å². The van der Waals surface area contributed by atoms with Crippen LogP contribution in [-0.2, 0) is 36.8 Å². The summed E-state index contributed by atoms with van der Waals surface area (Å²) in [6, 6.07) is 5.72. The average molecular weight is 401 g/mol. The Morgan fingerprint density at radius 2 is 1.84 bits per heavy atom. The van der Waals surface area contributed by atoms with Gasteiger partial charge in [0.2, 0.25) is 0 Å². The second kappa shape index (κ2) is 14.8. The van der Waals surface area contributed by atoms with E-state index < -0.39 is 5.97 Å². The molecule has 0 saturated heterocycles. The van der Waals surface area contributed by atoms with Gasteiger partial charge in [-0.2, -0.15) is 0 Å². The summed E-state index contributed by atoms with van der Waals surface area (Å²) in [5, 5.41) is 0. The van der Waals surface area contributed by atoms with E-state index >= 15 is 0 Å². The Bertz CT molecular complexity index is 639. The maximum Gasteiger partial charge on any atom is 2.00 e. The van der Waals surface area contributed by atoms with Crippen LogP contribution in [0.5, 0.6) is 5.75 Å². The van der Waals surface area contributed by atoms with Gasteiger partial charge in [-0.1, -0.05) is 13.8 Å². The number of hydrogen-bond acceptors (Lipinski definition) is 6. The molecule has 137 valence electrons. The molecule has 0 aliphatic rings. The Kier molecular flexibility index (Phi) is 16.8. The van der Waals surface area contributed by atoms with Crippen LogP contribution in [0.15, 0.2) is 30.6 Å². The standard InChI is InChI=1S/C15H16N2O3.C2H6.CH3.H2S.V/c1-4-20-11-5-6-12(10(2)7-11)13-8-16-9-14(17-13)15(18)19-3;1-2;;;/h5-9H,4H2,1-3H3;1-2H3;1H3;1H2;/q;;-1;;+2/p-1. The summed E-state index contributed by atoms with van der Waals surface area (Å²) >= 11 is 0. The van der Waals surface area contributed by atoms with Crippen LogP contribution in [-0.4, -0.2) is 29.7 Å². The number of thiol groups is 1. The quantitative estimate of drug-likeness (QED) is 0.336. The fourth-order valence-electron chi connectivity index (χ4n) is 1.88. The summed E-state index contributed by atoms with van der Waals surface area (Å²) in [5.41, 5.74) is 2.74. The van der Waals surface area contributed by atoms with E-state index in [2.05, 4.69) is 14.7 Å². The topological polar surface area (TPSA) is 61.3 Å². The third kappa shape index (κ3) is 7.95. The Morgan fingerprint density at radius 1 is 1.20 bits per heavy atom. The van der Waals surface area contributed by atoms with Crippen LogP contribution in [0.25, 0.3) is 11.3 Å². The molecule has 0 unspecified atom stereocenters. The first kappa shape index (κ1) is 28.3. The third-order valence-electron chi connectivity index (χ3n) is 2.81. The number of hydrogen-bond donors (Lipinski definition) is 0. The van der Waals surface area contributed by atoms with E-state index in [1.54, 1.807) is 6.20 Å². The predicted molar refractivity (Wildman–Crippen MR) is 101 cm³/mol. The average Bonchev–Trinajstić information content (AvgIpc) is 2.56. The van der Waals surface area contributed by atoms with E-state index in [1.807, 2.05) is 45.9 Å². The molecule has 7 heteroatoms. The number of carbonyl (C=O) groups is 1. The van der Waals surface area contributed by atoms with Gasteiger partial charge < -0.3 is 30.4 Å². The molecule has 1 aromatic carbocycles. The van der Waals surface area contributed by atoms with Gasteiger partial charge in [0.05, 0.1) is 31.8 Å². The summed E-state index contributed by atoms with van der Waals surface area (Å²) in [5.74, 6) is 0.314. The molecule has 0 N–H and O–H groups in total. The molecule has 2 rings (SSSR count). The maximum atomic E-state index is 11.5. The summed E-state index contributed by atoms with van der Waals surface area (Å²) in [7, 11) is 1.32. The van der Waals surface area contributed by atoms with Crippen molar-refractivity contribution in [2.24, 2.45) is 0 Å². The first-order valence-electron chi connectivity index (χ1n) is 7.30. The second-order valence-corrected chi connectivity index (χ2v) is 4.19. The molecule has 0 atom stereocenters. The number of methoxy groups -OCH3 is 1. The van der Waals surface area contributed by atoms with Crippen molar-refractivity contribution in [1.29, 1.82) is 0 Å². The van der Waals surface area contributed by atoms with Crippen molar-refractivity contribution < 1.29 is 32.8 Å². The molecule has 0 aliphatic carbocycles. The summed E-state index contributed by atoms with van der Waals surface area (Å²) in [6.07, 6.45) is 3.01. The molecule has 0 fully saturated rings. The number of aromatic nitrogens is 2. The van der Waals surface area contributed by atoms with E-state index in [9.17, 15) is 4.79 Å². The Balaban J connectivity index is -0.000000934. The predicted octanol–water partition coefficient (Wildman–Crippen LogP) is 3.84. The van der Waals surface area contributed by atoms with Gasteiger partial charge in [0.15, 0.2) is 5.69 Å². The smallest absolute Gasteiger partial charge is 0.813 e. The molecule has 0 spiro atoms. The number of carbonyl (C=O) groups excluding carboxylic acids is 1. The number of ether oxygens (including phenoxy) is 2. The Hall–Kier alpha value is -1.50. The zero-order chi connectivity index (χ0) is 16.5. The number of benzene rings is 1. The van der Waals surface area contributed by atoms with Crippen molar-refractivity contribution in [2.75, 3.05) is 13.7 Å². The second-order valence-electron chi connectivity index (χ2n) is 4.19. The first-order chi connectivity index (χ1) is 10.7. The molecule has 0 bridgehead atoms. The van der Waals surface area contributed by atoms with E-state index in [-0.39, 0.29) is 45.2 Å². The summed E-state index contributed by atoms with van der Waals surface area (Å²) in [4.78, 5) is 19.8. The molecule has 0 amide bonds. The SMILES string of the molecule is CC.CCOc1ccc(-c2cncc(C(=O)OC)n2)c(C)c1.[CH3-].[SH-].[V+2]. The number of aryl methyl sites for hydroxylation is 1. The molecule has 1 heterocycles. The molecular weight excluding hydrogens is 375 g/mol. The van der Waals surface area contributed by atoms with E-state index in [0.29, 0.717) is 12.3 Å². The van der Waals surface area contributed by atoms with E-state index in [4.69, 9.17) is 4.74 Å². The normalized spacial score (nSPS) is 8.36. The van der Waals surface area contributed by atoms with Gasteiger partial charge in [0.1, 0.15) is 5.75 Å².